The van der Waals surface area contributed by atoms with Gasteiger partial charge in [0.15, 0.2) is 0 Å². The summed E-state index contributed by atoms with van der Waals surface area (Å²) in [7, 11) is 0. The standard InChI is InChI=1S/C13H12N4OS/c1-8-7-19-12(13(18)17-8)11-4-10(5-14-11)9-2-3-15-16-6-9/h2-4,6,12H,1,5,7H2,(H,17,18). The van der Waals surface area contributed by atoms with E-state index in [4.69, 9.17) is 0 Å². The average Bonchev–Trinajstić information content (AvgIpc) is 2.89. The van der Waals surface area contributed by atoms with E-state index >= 15 is 0 Å². The van der Waals surface area contributed by atoms with Crippen molar-refractivity contribution in [1.82, 2.24) is 15.5 Å². The van der Waals surface area contributed by atoms with Gasteiger partial charge in [-0.1, -0.05) is 6.58 Å². The molecular weight excluding hydrogens is 260 g/mol. The number of carbonyl (C=O) groups excluding carboxylic acids is 1. The van der Waals surface area contributed by atoms with Crippen LogP contribution in [0.4, 0.5) is 0 Å². The Morgan fingerprint density at radius 3 is 3.05 bits per heavy atom. The number of amides is 1. The van der Waals surface area contributed by atoms with Crippen LogP contribution in [0.15, 0.2) is 41.8 Å². The first-order valence-electron chi connectivity index (χ1n) is 5.86. The fourth-order valence-corrected chi connectivity index (χ4v) is 2.98. The highest BCUT2D eigenvalue weighted by Gasteiger charge is 2.30. The number of carbonyl (C=O) groups is 1. The Labute approximate surface area is 114 Å². The molecule has 0 spiro atoms. The van der Waals surface area contributed by atoms with Gasteiger partial charge in [0.25, 0.3) is 0 Å². The normalized spacial score (nSPS) is 22.8. The maximum atomic E-state index is 11.9. The molecule has 0 aromatic carbocycles. The lowest BCUT2D eigenvalue weighted by atomic mass is 10.1. The molecule has 1 atom stereocenters. The van der Waals surface area contributed by atoms with E-state index in [2.05, 4.69) is 27.1 Å². The predicted octanol–water partition coefficient (Wildman–Crippen LogP) is 1.06. The van der Waals surface area contributed by atoms with Gasteiger partial charge in [-0.05, 0) is 17.7 Å². The third kappa shape index (κ3) is 2.44. The molecule has 5 nitrogen and oxygen atoms in total. The van der Waals surface area contributed by atoms with Crippen molar-refractivity contribution < 1.29 is 4.79 Å². The van der Waals surface area contributed by atoms with Gasteiger partial charge in [-0.2, -0.15) is 10.2 Å². The lowest BCUT2D eigenvalue weighted by Crippen LogP contribution is -2.41. The van der Waals surface area contributed by atoms with Crippen LogP contribution >= 0.6 is 11.8 Å². The molecule has 3 heterocycles. The summed E-state index contributed by atoms with van der Waals surface area (Å²) in [4.78, 5) is 16.4. The summed E-state index contributed by atoms with van der Waals surface area (Å²) in [5.41, 5.74) is 3.65. The van der Waals surface area contributed by atoms with Gasteiger partial charge in [0.05, 0.1) is 24.7 Å². The van der Waals surface area contributed by atoms with E-state index in [-0.39, 0.29) is 11.2 Å². The Hall–Kier alpha value is -1.95. The number of thioether (sulfide) groups is 1. The smallest absolute Gasteiger partial charge is 0.243 e. The number of aliphatic imine (C=N–C) groups is 1. The summed E-state index contributed by atoms with van der Waals surface area (Å²) in [5.74, 6) is 0.695. The summed E-state index contributed by atoms with van der Waals surface area (Å²) < 4.78 is 0. The molecule has 0 bridgehead atoms. The minimum atomic E-state index is -0.238. The Balaban J connectivity index is 1.79. The van der Waals surface area contributed by atoms with Crippen LogP contribution in [0.1, 0.15) is 5.56 Å². The number of rotatable bonds is 2. The number of nitrogens with one attached hydrogen (secondary N) is 1. The van der Waals surface area contributed by atoms with Gasteiger partial charge >= 0.3 is 0 Å². The van der Waals surface area contributed by atoms with Gasteiger partial charge in [-0.25, -0.2) is 0 Å². The summed E-state index contributed by atoms with van der Waals surface area (Å²) in [6, 6.07) is 1.90. The number of hydrogen-bond acceptors (Lipinski definition) is 5. The highest BCUT2D eigenvalue weighted by Crippen LogP contribution is 2.26. The molecule has 1 aromatic rings. The SMILES string of the molecule is C=C1CSC(C2=NCC(c3ccnnc3)=C2)C(=O)N1. The van der Waals surface area contributed by atoms with E-state index in [0.717, 1.165) is 28.3 Å². The molecule has 0 radical (unpaired) electrons. The molecule has 0 saturated carbocycles. The van der Waals surface area contributed by atoms with Crippen molar-refractivity contribution in [3.8, 4) is 0 Å². The second kappa shape index (κ2) is 4.97. The van der Waals surface area contributed by atoms with Crippen LogP contribution in [0.25, 0.3) is 5.57 Å². The molecule has 1 fully saturated rings. The largest absolute Gasteiger partial charge is 0.328 e. The highest BCUT2D eigenvalue weighted by atomic mass is 32.2. The minimum absolute atomic E-state index is 0.0367. The van der Waals surface area contributed by atoms with Gasteiger partial charge in [-0.15, -0.1) is 11.8 Å². The molecule has 1 unspecified atom stereocenters. The van der Waals surface area contributed by atoms with Gasteiger partial charge in [0, 0.05) is 17.0 Å². The van der Waals surface area contributed by atoms with Crippen molar-refractivity contribution in [1.29, 1.82) is 0 Å². The number of aromatic nitrogens is 2. The summed E-state index contributed by atoms with van der Waals surface area (Å²) in [6.07, 6.45) is 5.34. The van der Waals surface area contributed by atoms with E-state index in [9.17, 15) is 4.79 Å². The zero-order valence-corrected chi connectivity index (χ0v) is 11.0. The van der Waals surface area contributed by atoms with Gasteiger partial charge in [0.2, 0.25) is 5.91 Å². The Bertz CT molecular complexity index is 594. The first kappa shape index (κ1) is 12.1. The maximum Gasteiger partial charge on any atom is 0.243 e. The predicted molar refractivity (Wildman–Crippen MR) is 75.8 cm³/mol. The fourth-order valence-electron chi connectivity index (χ4n) is 2.02. The molecule has 2 aliphatic rings. The van der Waals surface area contributed by atoms with Gasteiger partial charge < -0.3 is 5.32 Å². The third-order valence-electron chi connectivity index (χ3n) is 2.94. The first-order valence-corrected chi connectivity index (χ1v) is 6.91. The number of nitrogens with zero attached hydrogens (tertiary/aromatic N) is 3. The summed E-state index contributed by atoms with van der Waals surface area (Å²) >= 11 is 1.56. The molecule has 0 aliphatic carbocycles. The van der Waals surface area contributed by atoms with E-state index in [1.54, 1.807) is 24.2 Å². The van der Waals surface area contributed by atoms with Gasteiger partial charge in [0.1, 0.15) is 5.25 Å². The maximum absolute atomic E-state index is 11.9. The second-order valence-electron chi connectivity index (χ2n) is 4.33. The first-order chi connectivity index (χ1) is 9.24. The molecule has 1 amide bonds. The molecular formula is C13H12N4OS. The van der Waals surface area contributed by atoms with Crippen LogP contribution in [-0.2, 0) is 4.79 Å². The quantitative estimate of drug-likeness (QED) is 0.874. The third-order valence-corrected chi connectivity index (χ3v) is 4.24. The number of allylic oxidation sites excluding steroid dienone is 1. The van der Waals surface area contributed by atoms with Crippen molar-refractivity contribution in [2.24, 2.45) is 4.99 Å². The summed E-state index contributed by atoms with van der Waals surface area (Å²) in [5, 5.41) is 10.1. The van der Waals surface area contributed by atoms with E-state index < -0.39 is 0 Å². The molecule has 1 saturated heterocycles. The van der Waals surface area contributed by atoms with Crippen LogP contribution < -0.4 is 5.32 Å². The van der Waals surface area contributed by atoms with E-state index in [1.165, 1.54) is 0 Å². The molecule has 1 aromatic heterocycles. The average molecular weight is 272 g/mol. The highest BCUT2D eigenvalue weighted by molar-refractivity contribution is 8.01. The Morgan fingerprint density at radius 1 is 1.42 bits per heavy atom. The van der Waals surface area contributed by atoms with Crippen molar-refractivity contribution in [2.45, 2.75) is 5.25 Å². The Kier molecular flexibility index (Phi) is 3.16. The topological polar surface area (TPSA) is 67.2 Å². The minimum Gasteiger partial charge on any atom is -0.328 e. The van der Waals surface area contributed by atoms with Crippen LogP contribution in [0.3, 0.4) is 0 Å². The Morgan fingerprint density at radius 2 is 2.32 bits per heavy atom. The van der Waals surface area contributed by atoms with Gasteiger partial charge in [-0.3, -0.25) is 9.79 Å². The second-order valence-corrected chi connectivity index (χ2v) is 5.42. The monoisotopic (exact) mass is 272 g/mol. The zero-order valence-electron chi connectivity index (χ0n) is 10.2. The van der Waals surface area contributed by atoms with Crippen molar-refractivity contribution in [3.05, 3.63) is 42.4 Å². The fraction of sp³-hybridized carbons (Fsp3) is 0.231. The molecule has 3 rings (SSSR count). The van der Waals surface area contributed by atoms with Crippen LogP contribution in [0.5, 0.6) is 0 Å². The van der Waals surface area contributed by atoms with Crippen molar-refractivity contribution in [3.63, 3.8) is 0 Å². The molecule has 19 heavy (non-hydrogen) atoms. The van der Waals surface area contributed by atoms with E-state index in [1.807, 2.05) is 12.1 Å². The zero-order chi connectivity index (χ0) is 13.2. The summed E-state index contributed by atoms with van der Waals surface area (Å²) in [6.45, 7) is 4.35. The number of hydrogen-bond donors (Lipinski definition) is 1. The van der Waals surface area contributed by atoms with Crippen LogP contribution in [-0.4, -0.2) is 39.4 Å². The lowest BCUT2D eigenvalue weighted by molar-refractivity contribution is -0.118. The molecule has 6 heteroatoms. The van der Waals surface area contributed by atoms with Crippen LogP contribution in [0.2, 0.25) is 0 Å². The van der Waals surface area contributed by atoms with Crippen LogP contribution in [0, 0.1) is 0 Å². The molecule has 1 N–H and O–H groups in total. The van der Waals surface area contributed by atoms with Crippen molar-refractivity contribution in [2.75, 3.05) is 12.3 Å². The van der Waals surface area contributed by atoms with E-state index in [0.29, 0.717) is 6.54 Å². The lowest BCUT2D eigenvalue weighted by Gasteiger charge is -2.22. The van der Waals surface area contributed by atoms with Crippen molar-refractivity contribution >= 4 is 29.0 Å². The molecule has 2 aliphatic heterocycles. The molecule has 96 valence electrons.